The highest BCUT2D eigenvalue weighted by atomic mass is 35.5. The van der Waals surface area contributed by atoms with Crippen LogP contribution in [-0.4, -0.2) is 32.0 Å². The normalized spacial score (nSPS) is 16.0. The van der Waals surface area contributed by atoms with Crippen molar-refractivity contribution in [2.45, 2.75) is 5.92 Å². The van der Waals surface area contributed by atoms with E-state index in [0.717, 1.165) is 10.9 Å². The van der Waals surface area contributed by atoms with Crippen molar-refractivity contribution in [2.75, 3.05) is 5.01 Å². The maximum atomic E-state index is 13.9. The van der Waals surface area contributed by atoms with Gasteiger partial charge in [-0.25, -0.2) is 0 Å². The number of halogens is 3. The molecule has 6 rings (SSSR count). The van der Waals surface area contributed by atoms with Gasteiger partial charge in [0, 0.05) is 27.7 Å². The first kappa shape index (κ1) is 21.0. The number of pyridine rings is 1. The van der Waals surface area contributed by atoms with Crippen LogP contribution in [0, 0.1) is 0 Å². The van der Waals surface area contributed by atoms with Gasteiger partial charge in [0.15, 0.2) is 0 Å². The number of rotatable bonds is 3. The van der Waals surface area contributed by atoms with Crippen molar-refractivity contribution in [2.24, 2.45) is 5.10 Å². The first-order chi connectivity index (χ1) is 16.5. The standard InChI is InChI=1S/C24H13Cl3N6O/c25-14-9-16(26)23(17(27)10-14)33-24(34)20(15-5-3-7-19-22(15)30-32-29-19)21(31-33)13-8-12-4-1-2-6-18(12)28-11-13/h1-11,20H,(H,29,30,32). The van der Waals surface area contributed by atoms with Gasteiger partial charge in [-0.15, -0.1) is 0 Å². The maximum absolute atomic E-state index is 13.9. The second-order valence-corrected chi connectivity index (χ2v) is 8.99. The lowest BCUT2D eigenvalue weighted by molar-refractivity contribution is -0.118. The molecule has 2 aromatic heterocycles. The highest BCUT2D eigenvalue weighted by molar-refractivity contribution is 6.43. The van der Waals surface area contributed by atoms with Gasteiger partial charge in [-0.05, 0) is 30.3 Å². The molecule has 0 spiro atoms. The van der Waals surface area contributed by atoms with Crippen LogP contribution in [-0.2, 0) is 4.79 Å². The maximum Gasteiger partial charge on any atom is 0.261 e. The Morgan fingerprint density at radius 2 is 1.65 bits per heavy atom. The lowest BCUT2D eigenvalue weighted by atomic mass is 9.89. The number of carbonyl (C=O) groups is 1. The Bertz CT molecular complexity index is 1620. The van der Waals surface area contributed by atoms with E-state index in [-0.39, 0.29) is 21.6 Å². The van der Waals surface area contributed by atoms with Crippen molar-refractivity contribution in [1.29, 1.82) is 0 Å². The van der Waals surface area contributed by atoms with Gasteiger partial charge in [0.1, 0.15) is 22.6 Å². The summed E-state index contributed by atoms with van der Waals surface area (Å²) < 4.78 is 0. The van der Waals surface area contributed by atoms with Crippen LogP contribution < -0.4 is 5.01 Å². The number of carbonyl (C=O) groups excluding carboxylic acids is 1. The number of hydrogen-bond donors (Lipinski definition) is 1. The zero-order chi connectivity index (χ0) is 23.4. The van der Waals surface area contributed by atoms with Gasteiger partial charge in [-0.3, -0.25) is 9.78 Å². The third-order valence-corrected chi connectivity index (χ3v) is 6.50. The third-order valence-electron chi connectivity index (χ3n) is 5.71. The van der Waals surface area contributed by atoms with Crippen LogP contribution >= 0.6 is 34.8 Å². The highest BCUT2D eigenvalue weighted by Crippen LogP contribution is 2.42. The lowest BCUT2D eigenvalue weighted by Crippen LogP contribution is -2.27. The zero-order valence-corrected chi connectivity index (χ0v) is 19.5. The van der Waals surface area contributed by atoms with Gasteiger partial charge < -0.3 is 0 Å². The molecule has 0 saturated carbocycles. The smallest absolute Gasteiger partial charge is 0.261 e. The summed E-state index contributed by atoms with van der Waals surface area (Å²) in [6.07, 6.45) is 1.71. The predicted octanol–water partition coefficient (Wildman–Crippen LogP) is 6.00. The molecule has 1 unspecified atom stereocenters. The summed E-state index contributed by atoms with van der Waals surface area (Å²) in [6, 6.07) is 18.2. The number of nitrogens with one attached hydrogen (secondary N) is 1. The molecule has 3 aromatic carbocycles. The number of amides is 1. The SMILES string of the molecule is O=C1C(c2cccc3n[nH]nc23)C(c2cnc3ccccc3c2)=NN1c1c(Cl)cc(Cl)cc1Cl. The molecule has 0 radical (unpaired) electrons. The Morgan fingerprint density at radius 1 is 0.882 bits per heavy atom. The summed E-state index contributed by atoms with van der Waals surface area (Å²) >= 11 is 19.0. The molecule has 1 amide bonds. The molecule has 34 heavy (non-hydrogen) atoms. The minimum absolute atomic E-state index is 0.214. The van der Waals surface area contributed by atoms with Gasteiger partial charge in [-0.1, -0.05) is 65.1 Å². The number of benzene rings is 3. The van der Waals surface area contributed by atoms with Crippen molar-refractivity contribution in [3.63, 3.8) is 0 Å². The Kier molecular flexibility index (Phi) is 4.99. The zero-order valence-electron chi connectivity index (χ0n) is 17.2. The number of hydrazone groups is 1. The average molecular weight is 508 g/mol. The van der Waals surface area contributed by atoms with Crippen LogP contribution in [0.1, 0.15) is 17.0 Å². The number of para-hydroxylation sites is 2. The van der Waals surface area contributed by atoms with E-state index < -0.39 is 5.92 Å². The molecule has 1 aliphatic heterocycles. The summed E-state index contributed by atoms with van der Waals surface area (Å²) in [4.78, 5) is 18.5. The van der Waals surface area contributed by atoms with Gasteiger partial charge in [0.2, 0.25) is 0 Å². The van der Waals surface area contributed by atoms with E-state index >= 15 is 0 Å². The van der Waals surface area contributed by atoms with Crippen molar-refractivity contribution in [1.82, 2.24) is 20.4 Å². The van der Waals surface area contributed by atoms with E-state index in [1.165, 1.54) is 17.1 Å². The van der Waals surface area contributed by atoms with Gasteiger partial charge >= 0.3 is 0 Å². The Balaban J connectivity index is 1.58. The number of nitrogens with zero attached hydrogens (tertiary/aromatic N) is 5. The van der Waals surface area contributed by atoms with E-state index in [1.807, 2.05) is 48.5 Å². The van der Waals surface area contributed by atoms with Crippen molar-refractivity contribution in [3.05, 3.63) is 93.1 Å². The molecule has 1 atom stereocenters. The van der Waals surface area contributed by atoms with E-state index in [2.05, 4.69) is 20.4 Å². The molecule has 1 aliphatic rings. The number of anilines is 1. The number of aromatic amines is 1. The van der Waals surface area contributed by atoms with Crippen LogP contribution in [0.4, 0.5) is 5.69 Å². The molecule has 7 nitrogen and oxygen atoms in total. The van der Waals surface area contributed by atoms with Gasteiger partial charge in [-0.2, -0.15) is 25.5 Å². The monoisotopic (exact) mass is 506 g/mol. The highest BCUT2D eigenvalue weighted by Gasteiger charge is 2.41. The second-order valence-electron chi connectivity index (χ2n) is 7.74. The molecule has 166 valence electrons. The summed E-state index contributed by atoms with van der Waals surface area (Å²) in [6.45, 7) is 0. The van der Waals surface area contributed by atoms with Crippen molar-refractivity contribution in [3.8, 4) is 0 Å². The van der Waals surface area contributed by atoms with E-state index in [4.69, 9.17) is 39.9 Å². The average Bonchev–Trinajstić information content (AvgIpc) is 3.43. The molecule has 0 bridgehead atoms. The number of fused-ring (bicyclic) bond motifs is 2. The largest absolute Gasteiger partial charge is 0.271 e. The van der Waals surface area contributed by atoms with E-state index in [0.29, 0.717) is 32.9 Å². The summed E-state index contributed by atoms with van der Waals surface area (Å²) in [5, 5.41) is 18.7. The molecule has 1 N–H and O–H groups in total. The first-order valence-corrected chi connectivity index (χ1v) is 11.4. The van der Waals surface area contributed by atoms with Gasteiger partial charge in [0.05, 0.1) is 21.3 Å². The summed E-state index contributed by atoms with van der Waals surface area (Å²) in [7, 11) is 0. The minimum Gasteiger partial charge on any atom is -0.271 e. The lowest BCUT2D eigenvalue weighted by Gasteiger charge is -2.17. The fourth-order valence-corrected chi connectivity index (χ4v) is 5.17. The Hall–Kier alpha value is -3.52. The Morgan fingerprint density at radius 3 is 2.47 bits per heavy atom. The molecule has 0 aliphatic carbocycles. The topological polar surface area (TPSA) is 87.1 Å². The van der Waals surface area contributed by atoms with Gasteiger partial charge in [0.25, 0.3) is 5.91 Å². The molecule has 3 heterocycles. The first-order valence-electron chi connectivity index (χ1n) is 10.2. The molecule has 5 aromatic rings. The third kappa shape index (κ3) is 3.32. The van der Waals surface area contributed by atoms with E-state index in [1.54, 1.807) is 6.20 Å². The molecule has 0 fully saturated rings. The minimum atomic E-state index is -0.778. The molecule has 0 saturated heterocycles. The number of H-pyrrole nitrogens is 1. The van der Waals surface area contributed by atoms with Crippen LogP contribution in [0.15, 0.2) is 72.0 Å². The van der Waals surface area contributed by atoms with Crippen LogP contribution in [0.2, 0.25) is 15.1 Å². The van der Waals surface area contributed by atoms with Crippen molar-refractivity contribution < 1.29 is 4.79 Å². The fraction of sp³-hybridized carbons (Fsp3) is 0.0417. The number of hydrogen-bond acceptors (Lipinski definition) is 5. The second kappa shape index (κ2) is 8.06. The van der Waals surface area contributed by atoms with E-state index in [9.17, 15) is 4.79 Å². The predicted molar refractivity (Wildman–Crippen MR) is 134 cm³/mol. The fourth-order valence-electron chi connectivity index (χ4n) is 4.19. The molecular weight excluding hydrogens is 495 g/mol. The van der Waals surface area contributed by atoms with Crippen LogP contribution in [0.25, 0.3) is 21.9 Å². The molecule has 10 heteroatoms. The molecular formula is C24H13Cl3N6O. The Labute approximate surface area is 207 Å². The quantitative estimate of drug-likeness (QED) is 0.324. The van der Waals surface area contributed by atoms with Crippen LogP contribution in [0.5, 0.6) is 0 Å². The van der Waals surface area contributed by atoms with Crippen molar-refractivity contribution >= 4 is 74.0 Å². The summed E-state index contributed by atoms with van der Waals surface area (Å²) in [5.41, 5.74) is 4.18. The van der Waals surface area contributed by atoms with Crippen LogP contribution in [0.3, 0.4) is 0 Å². The number of aromatic nitrogens is 4. The summed E-state index contributed by atoms with van der Waals surface area (Å²) in [5.74, 6) is -1.11.